The van der Waals surface area contributed by atoms with Gasteiger partial charge >= 0.3 is 0 Å². The lowest BCUT2D eigenvalue weighted by molar-refractivity contribution is -0.384. The van der Waals surface area contributed by atoms with Gasteiger partial charge in [-0.25, -0.2) is 0 Å². The van der Waals surface area contributed by atoms with Gasteiger partial charge in [0.2, 0.25) is 5.91 Å². The summed E-state index contributed by atoms with van der Waals surface area (Å²) in [6.45, 7) is 6.41. The largest absolute Gasteiger partial charge is 0.494 e. The average Bonchev–Trinajstić information content (AvgIpc) is 2.37. The first kappa shape index (κ1) is 16.7. The quantitative estimate of drug-likeness (QED) is 0.567. The van der Waals surface area contributed by atoms with Gasteiger partial charge in [-0.3, -0.25) is 14.9 Å². The molecule has 1 rings (SSSR count). The van der Waals surface area contributed by atoms with Crippen LogP contribution >= 0.6 is 0 Å². The minimum absolute atomic E-state index is 0.0462. The van der Waals surface area contributed by atoms with Gasteiger partial charge in [0.25, 0.3) is 5.69 Å². The molecule has 1 aromatic rings. The molecule has 0 unspecified atom stereocenters. The molecule has 0 fully saturated rings. The Hall–Kier alpha value is -2.31. The monoisotopic (exact) mass is 295 g/mol. The van der Waals surface area contributed by atoms with Crippen LogP contribution in [-0.4, -0.2) is 30.0 Å². The Labute approximate surface area is 123 Å². The average molecular weight is 295 g/mol. The van der Waals surface area contributed by atoms with Crippen molar-refractivity contribution in [2.45, 2.75) is 33.2 Å². The first-order valence-electron chi connectivity index (χ1n) is 6.88. The van der Waals surface area contributed by atoms with E-state index in [-0.39, 0.29) is 17.6 Å². The van der Waals surface area contributed by atoms with E-state index in [0.29, 0.717) is 31.0 Å². The molecule has 0 aromatic heterocycles. The SMILES string of the molecule is CCOc1cc(NCCC(=O)NC(C)C)cc([N+](=O)[O-])c1. The number of nitrogens with zero attached hydrogens (tertiary/aromatic N) is 1. The summed E-state index contributed by atoms with van der Waals surface area (Å²) in [5.41, 5.74) is 0.514. The molecule has 0 saturated carbocycles. The highest BCUT2D eigenvalue weighted by molar-refractivity contribution is 5.76. The zero-order valence-corrected chi connectivity index (χ0v) is 12.5. The van der Waals surface area contributed by atoms with E-state index in [9.17, 15) is 14.9 Å². The molecule has 7 nitrogen and oxygen atoms in total. The van der Waals surface area contributed by atoms with E-state index in [4.69, 9.17) is 4.74 Å². The highest BCUT2D eigenvalue weighted by atomic mass is 16.6. The molecule has 2 N–H and O–H groups in total. The fraction of sp³-hybridized carbons (Fsp3) is 0.500. The lowest BCUT2D eigenvalue weighted by atomic mass is 10.2. The Morgan fingerprint density at radius 3 is 2.67 bits per heavy atom. The van der Waals surface area contributed by atoms with Crippen LogP contribution in [0.1, 0.15) is 27.2 Å². The number of amides is 1. The number of hydrogen-bond donors (Lipinski definition) is 2. The summed E-state index contributed by atoms with van der Waals surface area (Å²) in [6.07, 6.45) is 0.296. The normalized spacial score (nSPS) is 10.3. The molecule has 7 heteroatoms. The zero-order valence-electron chi connectivity index (χ0n) is 12.5. The van der Waals surface area contributed by atoms with Crippen molar-refractivity contribution in [3.63, 3.8) is 0 Å². The van der Waals surface area contributed by atoms with Gasteiger partial charge in [0.1, 0.15) is 5.75 Å². The van der Waals surface area contributed by atoms with E-state index in [2.05, 4.69) is 10.6 Å². The maximum Gasteiger partial charge on any atom is 0.275 e. The van der Waals surface area contributed by atoms with Crippen molar-refractivity contribution in [2.75, 3.05) is 18.5 Å². The van der Waals surface area contributed by atoms with E-state index >= 15 is 0 Å². The second-order valence-electron chi connectivity index (χ2n) is 4.80. The number of anilines is 1. The van der Waals surface area contributed by atoms with Gasteiger partial charge in [-0.15, -0.1) is 0 Å². The van der Waals surface area contributed by atoms with Crippen LogP contribution < -0.4 is 15.4 Å². The van der Waals surface area contributed by atoms with Gasteiger partial charge in [-0.2, -0.15) is 0 Å². The number of non-ortho nitro benzene ring substituents is 1. The van der Waals surface area contributed by atoms with Crippen molar-refractivity contribution < 1.29 is 14.5 Å². The molecule has 0 bridgehead atoms. The molecule has 0 aliphatic carbocycles. The van der Waals surface area contributed by atoms with Crippen LogP contribution in [0.15, 0.2) is 18.2 Å². The first-order valence-corrected chi connectivity index (χ1v) is 6.88. The molecule has 0 saturated heterocycles. The molecular formula is C14H21N3O4. The first-order chi connectivity index (χ1) is 9.92. The summed E-state index contributed by atoms with van der Waals surface area (Å²) in [7, 11) is 0. The Kier molecular flexibility index (Phi) is 6.45. The molecule has 0 aliphatic rings. The summed E-state index contributed by atoms with van der Waals surface area (Å²) in [5.74, 6) is 0.369. The molecule has 1 aromatic carbocycles. The highest BCUT2D eigenvalue weighted by Gasteiger charge is 2.11. The maximum atomic E-state index is 11.5. The maximum absolute atomic E-state index is 11.5. The number of carbonyl (C=O) groups is 1. The van der Waals surface area contributed by atoms with Gasteiger partial charge in [-0.1, -0.05) is 0 Å². The van der Waals surface area contributed by atoms with E-state index in [1.165, 1.54) is 12.1 Å². The minimum Gasteiger partial charge on any atom is -0.494 e. The van der Waals surface area contributed by atoms with Crippen LogP contribution in [0.2, 0.25) is 0 Å². The fourth-order valence-electron chi connectivity index (χ4n) is 1.76. The molecule has 21 heavy (non-hydrogen) atoms. The van der Waals surface area contributed by atoms with Crippen LogP contribution in [-0.2, 0) is 4.79 Å². The Morgan fingerprint density at radius 1 is 1.38 bits per heavy atom. The fourth-order valence-corrected chi connectivity index (χ4v) is 1.76. The van der Waals surface area contributed by atoms with E-state index in [0.717, 1.165) is 0 Å². The van der Waals surface area contributed by atoms with Crippen molar-refractivity contribution in [3.8, 4) is 5.75 Å². The van der Waals surface area contributed by atoms with Crippen molar-refractivity contribution >= 4 is 17.3 Å². The Balaban J connectivity index is 2.65. The molecule has 0 radical (unpaired) electrons. The Bertz CT molecular complexity index is 503. The number of rotatable bonds is 8. The predicted octanol–water partition coefficient (Wildman–Crippen LogP) is 2.32. The van der Waals surface area contributed by atoms with Gasteiger partial charge < -0.3 is 15.4 Å². The smallest absolute Gasteiger partial charge is 0.275 e. The van der Waals surface area contributed by atoms with E-state index in [1.807, 2.05) is 20.8 Å². The zero-order chi connectivity index (χ0) is 15.8. The van der Waals surface area contributed by atoms with Crippen LogP contribution in [0, 0.1) is 10.1 Å². The van der Waals surface area contributed by atoms with Gasteiger partial charge in [0, 0.05) is 36.8 Å². The van der Waals surface area contributed by atoms with Gasteiger partial charge in [0.05, 0.1) is 17.6 Å². The minimum atomic E-state index is -0.473. The number of ether oxygens (including phenoxy) is 1. The summed E-state index contributed by atoms with van der Waals surface area (Å²) in [4.78, 5) is 21.9. The van der Waals surface area contributed by atoms with Gasteiger partial charge in [0.15, 0.2) is 0 Å². The number of nitro benzene ring substituents is 1. The van der Waals surface area contributed by atoms with Crippen LogP contribution in [0.5, 0.6) is 5.75 Å². The van der Waals surface area contributed by atoms with Crippen LogP contribution in [0.25, 0.3) is 0 Å². The lowest BCUT2D eigenvalue weighted by Gasteiger charge is -2.11. The molecule has 1 amide bonds. The van der Waals surface area contributed by atoms with Crippen molar-refractivity contribution in [1.82, 2.24) is 5.32 Å². The number of nitro groups is 1. The highest BCUT2D eigenvalue weighted by Crippen LogP contribution is 2.26. The summed E-state index contributed by atoms with van der Waals surface area (Å²) < 4.78 is 5.29. The van der Waals surface area contributed by atoms with Crippen molar-refractivity contribution in [2.24, 2.45) is 0 Å². The molecule has 0 spiro atoms. The number of nitrogens with one attached hydrogen (secondary N) is 2. The standard InChI is InChI=1S/C14H21N3O4/c1-4-21-13-8-11(7-12(9-13)17(19)20)15-6-5-14(18)16-10(2)3/h7-10,15H,4-6H2,1-3H3,(H,16,18). The third kappa shape index (κ3) is 6.11. The lowest BCUT2D eigenvalue weighted by Crippen LogP contribution is -2.31. The molecule has 0 aliphatic heterocycles. The van der Waals surface area contributed by atoms with E-state index < -0.39 is 4.92 Å². The van der Waals surface area contributed by atoms with E-state index in [1.54, 1.807) is 6.07 Å². The third-order valence-corrected chi connectivity index (χ3v) is 2.54. The topological polar surface area (TPSA) is 93.5 Å². The van der Waals surface area contributed by atoms with Crippen LogP contribution in [0.3, 0.4) is 0 Å². The van der Waals surface area contributed by atoms with Gasteiger partial charge in [-0.05, 0) is 20.8 Å². The predicted molar refractivity (Wildman–Crippen MR) is 80.7 cm³/mol. The summed E-state index contributed by atoms with van der Waals surface area (Å²) in [5, 5.41) is 16.6. The second kappa shape index (κ2) is 8.08. The molecular weight excluding hydrogens is 274 g/mol. The Morgan fingerprint density at radius 2 is 2.10 bits per heavy atom. The molecule has 0 heterocycles. The summed E-state index contributed by atoms with van der Waals surface area (Å²) >= 11 is 0. The second-order valence-corrected chi connectivity index (χ2v) is 4.80. The molecule has 0 atom stereocenters. The van der Waals surface area contributed by atoms with Crippen molar-refractivity contribution in [1.29, 1.82) is 0 Å². The van der Waals surface area contributed by atoms with Crippen molar-refractivity contribution in [3.05, 3.63) is 28.3 Å². The third-order valence-electron chi connectivity index (χ3n) is 2.54. The number of hydrogen-bond acceptors (Lipinski definition) is 5. The van der Waals surface area contributed by atoms with Crippen LogP contribution in [0.4, 0.5) is 11.4 Å². The number of carbonyl (C=O) groups excluding carboxylic acids is 1. The molecule has 116 valence electrons. The summed E-state index contributed by atoms with van der Waals surface area (Å²) in [6, 6.07) is 4.57. The number of benzene rings is 1.